The molecule has 2 saturated heterocycles. The van der Waals surface area contributed by atoms with Crippen molar-refractivity contribution >= 4 is 44.6 Å². The first-order chi connectivity index (χ1) is 21.9. The summed E-state index contributed by atoms with van der Waals surface area (Å²) in [6, 6.07) is 0. The van der Waals surface area contributed by atoms with Gasteiger partial charge in [-0.25, -0.2) is 24.5 Å². The summed E-state index contributed by atoms with van der Waals surface area (Å²) in [5.74, 6) is 0.168. The smallest absolute Gasteiger partial charge is 0.394 e. The zero-order chi connectivity index (χ0) is 32.9. The normalized spacial score (nSPS) is 33.0. The quantitative estimate of drug-likeness (QED) is 0.0886. The fraction of sp³-hybridized carbons (Fsp3) is 0.571. The van der Waals surface area contributed by atoms with Crippen LogP contribution in [0.5, 0.6) is 0 Å². The van der Waals surface area contributed by atoms with Crippen LogP contribution in [-0.2, 0) is 32.4 Å². The van der Waals surface area contributed by atoms with E-state index in [9.17, 15) is 34.2 Å². The SMILES string of the molecule is NC1=Nc2c(ncn2[C@@H]2O[C@H](COP(=O)(O)OC3C(O)[C@@H](CO)O[C@H]3n3cnc4c(N)ncnc43)C(O)C2OC[PH](=O)O)C(N)N1. The van der Waals surface area contributed by atoms with E-state index in [0.717, 1.165) is 6.33 Å². The molecular weight excluding hydrogens is 660 g/mol. The molecule has 7 unspecified atom stereocenters. The van der Waals surface area contributed by atoms with E-state index < -0.39 is 90.7 Å². The Hall–Kier alpha value is -3.15. The predicted molar refractivity (Wildman–Crippen MR) is 152 cm³/mol. The Balaban J connectivity index is 1.20. The molecule has 46 heavy (non-hydrogen) atoms. The van der Waals surface area contributed by atoms with Crippen LogP contribution in [0.2, 0.25) is 0 Å². The zero-order valence-corrected chi connectivity index (χ0v) is 25.3. The van der Waals surface area contributed by atoms with Gasteiger partial charge in [-0.1, -0.05) is 0 Å². The monoisotopic (exact) mass is 691 g/mol. The van der Waals surface area contributed by atoms with Gasteiger partial charge in [0.15, 0.2) is 35.7 Å². The van der Waals surface area contributed by atoms with Gasteiger partial charge >= 0.3 is 7.82 Å². The number of nitrogens with two attached hydrogens (primary N) is 3. The second-order valence-corrected chi connectivity index (χ2v) is 12.8. The van der Waals surface area contributed by atoms with Gasteiger partial charge in [0.05, 0.1) is 25.9 Å². The molecule has 0 aromatic carbocycles. The van der Waals surface area contributed by atoms with Crippen LogP contribution in [0.1, 0.15) is 24.3 Å². The first-order valence-electron chi connectivity index (χ1n) is 13.5. The summed E-state index contributed by atoms with van der Waals surface area (Å²) in [6.45, 7) is -1.43. The molecule has 2 fully saturated rings. The van der Waals surface area contributed by atoms with Gasteiger partial charge in [0.2, 0.25) is 8.03 Å². The molecule has 3 aromatic heterocycles. The van der Waals surface area contributed by atoms with Crippen molar-refractivity contribution in [2.75, 3.05) is 25.3 Å². The highest BCUT2D eigenvalue weighted by molar-refractivity contribution is 7.47. The van der Waals surface area contributed by atoms with Crippen LogP contribution in [0.4, 0.5) is 11.6 Å². The average molecular weight is 691 g/mol. The molecule has 25 heteroatoms. The Labute approximate surface area is 258 Å². The van der Waals surface area contributed by atoms with Crippen molar-refractivity contribution < 1.29 is 57.5 Å². The molecule has 12 N–H and O–H groups in total. The van der Waals surface area contributed by atoms with E-state index >= 15 is 0 Å². The maximum absolute atomic E-state index is 13.2. The number of nitrogens with one attached hydrogen (secondary N) is 1. The summed E-state index contributed by atoms with van der Waals surface area (Å²) in [7, 11) is -8.22. The summed E-state index contributed by atoms with van der Waals surface area (Å²) in [6.07, 6.45) is -9.03. The highest BCUT2D eigenvalue weighted by Gasteiger charge is 2.51. The summed E-state index contributed by atoms with van der Waals surface area (Å²) in [5.41, 5.74) is 18.3. The number of aliphatic imine (C=N–C) groups is 1. The van der Waals surface area contributed by atoms with Crippen molar-refractivity contribution in [2.45, 2.75) is 55.2 Å². The van der Waals surface area contributed by atoms with E-state index in [4.69, 9.17) is 40.5 Å². The van der Waals surface area contributed by atoms with Crippen LogP contribution >= 0.6 is 15.9 Å². The molecule has 6 heterocycles. The number of phosphoric acid groups is 1. The van der Waals surface area contributed by atoms with E-state index in [1.807, 2.05) is 0 Å². The number of aliphatic hydroxyl groups excluding tert-OH is 3. The Bertz CT molecular complexity index is 1690. The molecule has 6 rings (SSSR count). The lowest BCUT2D eigenvalue weighted by Gasteiger charge is -2.25. The third-order valence-corrected chi connectivity index (χ3v) is 8.82. The van der Waals surface area contributed by atoms with Gasteiger partial charge < -0.3 is 61.8 Å². The molecule has 3 aliphatic rings. The van der Waals surface area contributed by atoms with E-state index in [2.05, 4.69) is 30.2 Å². The van der Waals surface area contributed by atoms with Crippen LogP contribution < -0.4 is 22.5 Å². The number of aliphatic hydroxyl groups is 3. The zero-order valence-electron chi connectivity index (χ0n) is 23.5. The van der Waals surface area contributed by atoms with Crippen molar-refractivity contribution in [3.63, 3.8) is 0 Å². The van der Waals surface area contributed by atoms with Crippen LogP contribution in [-0.4, -0.2) is 116 Å². The lowest BCUT2D eigenvalue weighted by atomic mass is 10.1. The molecular formula is C21H31N11O12P2. The highest BCUT2D eigenvalue weighted by atomic mass is 31.2. The number of phosphoric ester groups is 1. The minimum Gasteiger partial charge on any atom is -0.394 e. The topological polar surface area (TPSA) is 345 Å². The molecule has 23 nitrogen and oxygen atoms in total. The van der Waals surface area contributed by atoms with E-state index in [1.54, 1.807) is 0 Å². The number of aromatic nitrogens is 6. The molecule has 0 amide bonds. The Kier molecular flexibility index (Phi) is 9.12. The summed E-state index contributed by atoms with van der Waals surface area (Å²) < 4.78 is 54.8. The fourth-order valence-corrected chi connectivity index (χ4v) is 6.57. The van der Waals surface area contributed by atoms with Crippen LogP contribution in [0.3, 0.4) is 0 Å². The number of nitrogens with zero attached hydrogens (tertiary/aromatic N) is 7. The first-order valence-corrected chi connectivity index (χ1v) is 16.6. The first kappa shape index (κ1) is 32.8. The third-order valence-electron chi connectivity index (χ3n) is 7.42. The lowest BCUT2D eigenvalue weighted by molar-refractivity contribution is -0.0671. The highest BCUT2D eigenvalue weighted by Crippen LogP contribution is 2.50. The van der Waals surface area contributed by atoms with E-state index in [-0.39, 0.29) is 34.5 Å². The molecule has 0 aliphatic carbocycles. The number of ether oxygens (including phenoxy) is 3. The standard InChI is InChI=1S/C21H31N11O12P2/c22-15-9-17(26-3-25-15)31(4-27-9)20-14(11(34)7(1-33)42-20)44-46(38,39)41-2-8-12(35)13(40-6-45(36)37)19(43-8)32-5-28-10-16(23)29-21(24)30-18(10)32/h3-5,7-8,11-14,16,19-20,33-35,45H,1-2,6,23H2,(H,36,37)(H,38,39)(H2,22,25,26)(H3,24,29,30)/t7-,8-,11?,12?,13?,14?,16?,19-,20-/m1/s1. The maximum Gasteiger partial charge on any atom is 0.472 e. The number of anilines is 1. The number of nitrogen functional groups attached to an aromatic ring is 1. The Morgan fingerprint density at radius 2 is 1.74 bits per heavy atom. The average Bonchev–Trinajstić information content (AvgIpc) is 3.76. The minimum atomic E-state index is -5.08. The Morgan fingerprint density at radius 1 is 1.04 bits per heavy atom. The molecule has 3 aromatic rings. The van der Waals surface area contributed by atoms with Gasteiger partial charge in [-0.15, -0.1) is 0 Å². The van der Waals surface area contributed by atoms with Crippen molar-refractivity contribution in [3.05, 3.63) is 24.7 Å². The van der Waals surface area contributed by atoms with Crippen molar-refractivity contribution in [3.8, 4) is 0 Å². The summed E-state index contributed by atoms with van der Waals surface area (Å²) in [5, 5.41) is 34.3. The fourth-order valence-electron chi connectivity index (χ4n) is 5.31. The van der Waals surface area contributed by atoms with Crippen LogP contribution in [0.15, 0.2) is 24.0 Å². The largest absolute Gasteiger partial charge is 0.472 e. The summed E-state index contributed by atoms with van der Waals surface area (Å²) >= 11 is 0. The van der Waals surface area contributed by atoms with Crippen molar-refractivity contribution in [1.29, 1.82) is 0 Å². The number of imidazole rings is 2. The number of rotatable bonds is 11. The molecule has 0 spiro atoms. The second kappa shape index (κ2) is 12.8. The number of guanidine groups is 1. The van der Waals surface area contributed by atoms with Gasteiger partial charge in [0.1, 0.15) is 66.7 Å². The number of hydrogen-bond donors (Lipinski definition) is 9. The molecule has 252 valence electrons. The number of hydrogen-bond acceptors (Lipinski definition) is 19. The van der Waals surface area contributed by atoms with Gasteiger partial charge in [-0.3, -0.25) is 22.7 Å². The van der Waals surface area contributed by atoms with Crippen LogP contribution in [0.25, 0.3) is 11.2 Å². The molecule has 3 aliphatic heterocycles. The summed E-state index contributed by atoms with van der Waals surface area (Å²) in [4.78, 5) is 40.4. The van der Waals surface area contributed by atoms with Crippen molar-refractivity contribution in [1.82, 2.24) is 34.4 Å². The molecule has 0 radical (unpaired) electrons. The molecule has 11 atom stereocenters. The van der Waals surface area contributed by atoms with Gasteiger partial charge in [0, 0.05) is 0 Å². The van der Waals surface area contributed by atoms with E-state index in [1.165, 1.54) is 21.8 Å². The third kappa shape index (κ3) is 6.13. The van der Waals surface area contributed by atoms with Crippen molar-refractivity contribution in [2.24, 2.45) is 16.5 Å². The Morgan fingerprint density at radius 3 is 2.48 bits per heavy atom. The van der Waals surface area contributed by atoms with Gasteiger partial charge in [-0.2, -0.15) is 4.99 Å². The molecule has 0 bridgehead atoms. The van der Waals surface area contributed by atoms with E-state index in [0.29, 0.717) is 0 Å². The maximum atomic E-state index is 13.2. The van der Waals surface area contributed by atoms with Gasteiger partial charge in [0.25, 0.3) is 0 Å². The lowest BCUT2D eigenvalue weighted by Crippen LogP contribution is -2.41. The van der Waals surface area contributed by atoms with Crippen LogP contribution in [0, 0.1) is 0 Å². The second-order valence-electron chi connectivity index (χ2n) is 10.4. The predicted octanol–water partition coefficient (Wildman–Crippen LogP) is -3.37. The number of fused-ring (bicyclic) bond motifs is 2. The minimum absolute atomic E-state index is 0.0316. The van der Waals surface area contributed by atoms with Gasteiger partial charge in [-0.05, 0) is 0 Å². The molecule has 0 saturated carbocycles.